The van der Waals surface area contributed by atoms with Crippen LogP contribution in [0.2, 0.25) is 0 Å². The molecule has 0 aliphatic rings. The van der Waals surface area contributed by atoms with Gasteiger partial charge >= 0.3 is 0 Å². The molecule has 0 saturated heterocycles. The molecule has 0 unspecified atom stereocenters. The van der Waals surface area contributed by atoms with Gasteiger partial charge in [-0.05, 0) is 29.7 Å². The summed E-state index contributed by atoms with van der Waals surface area (Å²) in [6, 6.07) is 14.3. The molecule has 0 saturated carbocycles. The van der Waals surface area contributed by atoms with Crippen molar-refractivity contribution in [3.8, 4) is 11.5 Å². The maximum Gasteiger partial charge on any atom is 0.244 e. The van der Waals surface area contributed by atoms with E-state index in [2.05, 4.69) is 18.6 Å². The van der Waals surface area contributed by atoms with Crippen LogP contribution in [-0.4, -0.2) is 28.7 Å². The summed E-state index contributed by atoms with van der Waals surface area (Å²) in [5.41, 5.74) is 1.10. The molecule has 0 bridgehead atoms. The Morgan fingerprint density at radius 3 is 2.29 bits per heavy atom. The highest BCUT2D eigenvalue weighted by molar-refractivity contribution is 7.89. The van der Waals surface area contributed by atoms with Gasteiger partial charge < -0.3 is 9.47 Å². The number of hydrogen-bond donors (Lipinski definition) is 1. The molecule has 0 radical (unpaired) electrons. The number of rotatable bonds is 8. The molecule has 0 fully saturated rings. The molecule has 2 aromatic carbocycles. The number of benzene rings is 2. The van der Waals surface area contributed by atoms with Crippen molar-refractivity contribution in [2.24, 2.45) is 0 Å². The van der Waals surface area contributed by atoms with Crippen molar-refractivity contribution in [2.75, 3.05) is 20.3 Å². The van der Waals surface area contributed by atoms with E-state index in [0.29, 0.717) is 11.7 Å². The van der Waals surface area contributed by atoms with Crippen molar-refractivity contribution < 1.29 is 17.9 Å². The van der Waals surface area contributed by atoms with E-state index in [1.165, 1.54) is 13.2 Å². The predicted octanol–water partition coefficient (Wildman–Crippen LogP) is 3.18. The number of methoxy groups -OCH3 is 1. The van der Waals surface area contributed by atoms with Crippen LogP contribution in [0.5, 0.6) is 11.5 Å². The Labute approximate surface area is 143 Å². The first kappa shape index (κ1) is 18.3. The van der Waals surface area contributed by atoms with E-state index in [-0.39, 0.29) is 18.0 Å². The molecular weight excluding hydrogens is 326 g/mol. The van der Waals surface area contributed by atoms with Gasteiger partial charge in [0.05, 0.1) is 7.11 Å². The van der Waals surface area contributed by atoms with Crippen molar-refractivity contribution in [1.29, 1.82) is 0 Å². The first-order valence-electron chi connectivity index (χ1n) is 7.80. The van der Waals surface area contributed by atoms with Gasteiger partial charge in [0, 0.05) is 6.54 Å². The Kier molecular flexibility index (Phi) is 6.23. The minimum atomic E-state index is -3.64. The summed E-state index contributed by atoms with van der Waals surface area (Å²) in [7, 11) is -2.19. The van der Waals surface area contributed by atoms with E-state index >= 15 is 0 Å². The molecule has 24 heavy (non-hydrogen) atoms. The smallest absolute Gasteiger partial charge is 0.244 e. The summed E-state index contributed by atoms with van der Waals surface area (Å²) in [6.07, 6.45) is 0. The van der Waals surface area contributed by atoms with E-state index < -0.39 is 10.0 Å². The van der Waals surface area contributed by atoms with Gasteiger partial charge in [-0.15, -0.1) is 0 Å². The van der Waals surface area contributed by atoms with Crippen molar-refractivity contribution in [3.05, 3.63) is 54.1 Å². The van der Waals surface area contributed by atoms with Crippen LogP contribution in [0.15, 0.2) is 53.4 Å². The molecule has 0 aliphatic heterocycles. The standard InChI is InChI=1S/C18H23NO4S/c1-14(2)15-8-4-5-9-16(15)23-13-12-19-24(20,21)18-11-7-6-10-17(18)22-3/h4-11,14,19H,12-13H2,1-3H3. The van der Waals surface area contributed by atoms with Crippen molar-refractivity contribution in [1.82, 2.24) is 4.72 Å². The van der Waals surface area contributed by atoms with Crippen molar-refractivity contribution in [2.45, 2.75) is 24.7 Å². The van der Waals surface area contributed by atoms with Crippen LogP contribution in [0.1, 0.15) is 25.3 Å². The Balaban J connectivity index is 1.97. The molecule has 0 amide bonds. The minimum absolute atomic E-state index is 0.120. The van der Waals surface area contributed by atoms with E-state index in [4.69, 9.17) is 9.47 Å². The highest BCUT2D eigenvalue weighted by atomic mass is 32.2. The summed E-state index contributed by atoms with van der Waals surface area (Å²) in [6.45, 7) is 4.60. The lowest BCUT2D eigenvalue weighted by Crippen LogP contribution is -2.28. The molecule has 2 aromatic rings. The maximum atomic E-state index is 12.4. The highest BCUT2D eigenvalue weighted by Crippen LogP contribution is 2.26. The second-order valence-electron chi connectivity index (χ2n) is 5.59. The summed E-state index contributed by atoms with van der Waals surface area (Å²) in [5.74, 6) is 1.44. The number of para-hydroxylation sites is 2. The molecule has 5 nitrogen and oxygen atoms in total. The summed E-state index contributed by atoms with van der Waals surface area (Å²) < 4.78 is 38.1. The number of sulfonamides is 1. The van der Waals surface area contributed by atoms with Crippen molar-refractivity contribution >= 4 is 10.0 Å². The maximum absolute atomic E-state index is 12.4. The molecule has 0 spiro atoms. The van der Waals surface area contributed by atoms with Gasteiger partial charge in [-0.2, -0.15) is 0 Å². The average Bonchev–Trinajstić information content (AvgIpc) is 2.59. The zero-order valence-electron chi connectivity index (χ0n) is 14.2. The molecule has 0 aromatic heterocycles. The highest BCUT2D eigenvalue weighted by Gasteiger charge is 2.18. The molecule has 6 heteroatoms. The Morgan fingerprint density at radius 2 is 1.62 bits per heavy atom. The van der Waals surface area contributed by atoms with Crippen LogP contribution in [0.3, 0.4) is 0 Å². The largest absolute Gasteiger partial charge is 0.495 e. The fraction of sp³-hybridized carbons (Fsp3) is 0.333. The molecule has 130 valence electrons. The Hall–Kier alpha value is -2.05. The molecule has 0 aliphatic carbocycles. The second-order valence-corrected chi connectivity index (χ2v) is 7.32. The number of nitrogens with one attached hydrogen (secondary N) is 1. The van der Waals surface area contributed by atoms with E-state index in [1.54, 1.807) is 18.2 Å². The molecule has 1 N–H and O–H groups in total. The first-order chi connectivity index (χ1) is 11.5. The molecular formula is C18H23NO4S. The molecule has 2 rings (SSSR count). The lowest BCUT2D eigenvalue weighted by Gasteiger charge is -2.14. The van der Waals surface area contributed by atoms with Gasteiger partial charge in [-0.3, -0.25) is 0 Å². The molecule has 0 heterocycles. The van der Waals surface area contributed by atoms with Crippen LogP contribution in [-0.2, 0) is 10.0 Å². The quantitative estimate of drug-likeness (QED) is 0.744. The second kappa shape index (κ2) is 8.17. The van der Waals surface area contributed by atoms with E-state index in [9.17, 15) is 8.42 Å². The topological polar surface area (TPSA) is 64.6 Å². The van der Waals surface area contributed by atoms with Gasteiger partial charge in [-0.1, -0.05) is 44.2 Å². The zero-order chi connectivity index (χ0) is 17.6. The SMILES string of the molecule is COc1ccccc1S(=O)(=O)NCCOc1ccccc1C(C)C. The summed E-state index contributed by atoms with van der Waals surface area (Å²) >= 11 is 0. The lowest BCUT2D eigenvalue weighted by molar-refractivity contribution is 0.318. The minimum Gasteiger partial charge on any atom is -0.495 e. The lowest BCUT2D eigenvalue weighted by atomic mass is 10.0. The monoisotopic (exact) mass is 349 g/mol. The van der Waals surface area contributed by atoms with Crippen molar-refractivity contribution in [3.63, 3.8) is 0 Å². The average molecular weight is 349 g/mol. The third kappa shape index (κ3) is 4.49. The van der Waals surface area contributed by atoms with Gasteiger partial charge in [0.15, 0.2) is 0 Å². The van der Waals surface area contributed by atoms with Crippen LogP contribution < -0.4 is 14.2 Å². The van der Waals surface area contributed by atoms with Crippen LogP contribution in [0.25, 0.3) is 0 Å². The van der Waals surface area contributed by atoms with Crippen LogP contribution in [0, 0.1) is 0 Å². The first-order valence-corrected chi connectivity index (χ1v) is 9.28. The van der Waals surface area contributed by atoms with Crippen LogP contribution >= 0.6 is 0 Å². The predicted molar refractivity (Wildman–Crippen MR) is 94.2 cm³/mol. The fourth-order valence-electron chi connectivity index (χ4n) is 2.34. The van der Waals surface area contributed by atoms with Gasteiger partial charge in [0.1, 0.15) is 23.0 Å². The van der Waals surface area contributed by atoms with Gasteiger partial charge in [0.2, 0.25) is 10.0 Å². The molecule has 0 atom stereocenters. The van der Waals surface area contributed by atoms with Crippen LogP contribution in [0.4, 0.5) is 0 Å². The summed E-state index contributed by atoms with van der Waals surface area (Å²) in [5, 5.41) is 0. The van der Waals surface area contributed by atoms with E-state index in [1.807, 2.05) is 24.3 Å². The number of ether oxygens (including phenoxy) is 2. The summed E-state index contributed by atoms with van der Waals surface area (Å²) in [4.78, 5) is 0.120. The van der Waals surface area contributed by atoms with Gasteiger partial charge in [-0.25, -0.2) is 13.1 Å². The Bertz CT molecular complexity index is 772. The fourth-order valence-corrected chi connectivity index (χ4v) is 3.53. The van der Waals surface area contributed by atoms with Gasteiger partial charge in [0.25, 0.3) is 0 Å². The Morgan fingerprint density at radius 1 is 1.00 bits per heavy atom. The third-order valence-electron chi connectivity index (χ3n) is 3.55. The third-order valence-corrected chi connectivity index (χ3v) is 5.05. The zero-order valence-corrected chi connectivity index (χ0v) is 15.0. The normalized spacial score (nSPS) is 11.5. The number of hydrogen-bond acceptors (Lipinski definition) is 4. The van der Waals surface area contributed by atoms with E-state index in [0.717, 1.165) is 11.3 Å².